The van der Waals surface area contributed by atoms with Gasteiger partial charge < -0.3 is 4.74 Å². The summed E-state index contributed by atoms with van der Waals surface area (Å²) in [6, 6.07) is 20.7. The molecule has 0 saturated heterocycles. The molecule has 0 amide bonds. The summed E-state index contributed by atoms with van der Waals surface area (Å²) >= 11 is 0. The zero-order valence-corrected chi connectivity index (χ0v) is 10.8. The van der Waals surface area contributed by atoms with Crippen LogP contribution in [0.5, 0.6) is 0 Å². The fourth-order valence-corrected chi connectivity index (χ4v) is 2.26. The molecule has 2 aromatic rings. The zero-order chi connectivity index (χ0) is 12.9. The van der Waals surface area contributed by atoms with Crippen molar-refractivity contribution in [2.75, 3.05) is 6.61 Å². The number of hydrogen-bond donors (Lipinski definition) is 0. The summed E-state index contributed by atoms with van der Waals surface area (Å²) in [5.41, 5.74) is 3.48. The Morgan fingerprint density at radius 2 is 1.37 bits per heavy atom. The first-order valence-corrected chi connectivity index (χ1v) is 6.59. The van der Waals surface area contributed by atoms with Crippen LogP contribution in [0.3, 0.4) is 0 Å². The molecule has 3 rings (SSSR count). The Kier molecular flexibility index (Phi) is 3.46. The Labute approximate surface area is 113 Å². The molecule has 1 heterocycles. The molecule has 0 radical (unpaired) electrons. The summed E-state index contributed by atoms with van der Waals surface area (Å²) in [6.07, 6.45) is 5.30. The first-order valence-electron chi connectivity index (χ1n) is 6.59. The third-order valence-electron chi connectivity index (χ3n) is 3.18. The second-order valence-electron chi connectivity index (χ2n) is 4.51. The van der Waals surface area contributed by atoms with Crippen molar-refractivity contribution in [1.82, 2.24) is 0 Å². The van der Waals surface area contributed by atoms with Crippen molar-refractivity contribution >= 4 is 11.3 Å². The van der Waals surface area contributed by atoms with Crippen molar-refractivity contribution in [2.24, 2.45) is 0 Å². The van der Waals surface area contributed by atoms with Gasteiger partial charge in [-0.05, 0) is 12.0 Å². The van der Waals surface area contributed by atoms with Gasteiger partial charge in [-0.2, -0.15) is 0 Å². The maximum atomic E-state index is 5.97. The molecule has 1 aliphatic heterocycles. The fourth-order valence-electron chi connectivity index (χ4n) is 2.26. The van der Waals surface area contributed by atoms with Crippen LogP contribution in [0.15, 0.2) is 72.8 Å². The van der Waals surface area contributed by atoms with Gasteiger partial charge in [-0.1, -0.05) is 72.8 Å². The summed E-state index contributed by atoms with van der Waals surface area (Å²) in [4.78, 5) is 0. The smallest absolute Gasteiger partial charge is 0.134 e. The average molecular weight is 248 g/mol. The minimum absolute atomic E-state index is 0.733. The Bertz CT molecular complexity index is 594. The van der Waals surface area contributed by atoms with E-state index >= 15 is 0 Å². The third-order valence-corrected chi connectivity index (χ3v) is 3.18. The van der Waals surface area contributed by atoms with Crippen LogP contribution in [-0.2, 0) is 4.74 Å². The molecule has 0 atom stereocenters. The summed E-state index contributed by atoms with van der Waals surface area (Å²) in [5.74, 6) is 0.973. The minimum atomic E-state index is 0.733. The van der Waals surface area contributed by atoms with E-state index in [0.29, 0.717) is 0 Å². The van der Waals surface area contributed by atoms with Crippen LogP contribution in [0.25, 0.3) is 11.3 Å². The third kappa shape index (κ3) is 2.60. The molecular formula is C18H16O. The van der Waals surface area contributed by atoms with E-state index in [0.717, 1.165) is 29.9 Å². The van der Waals surface area contributed by atoms with E-state index < -0.39 is 0 Å². The Hall–Kier alpha value is -2.28. The highest BCUT2D eigenvalue weighted by Gasteiger charge is 2.12. The lowest BCUT2D eigenvalue weighted by Gasteiger charge is -2.13. The van der Waals surface area contributed by atoms with E-state index in [9.17, 15) is 0 Å². The van der Waals surface area contributed by atoms with Gasteiger partial charge in [0, 0.05) is 11.1 Å². The molecule has 0 fully saturated rings. The summed E-state index contributed by atoms with van der Waals surface area (Å²) in [7, 11) is 0. The highest BCUT2D eigenvalue weighted by Crippen LogP contribution is 2.30. The van der Waals surface area contributed by atoms with Crippen molar-refractivity contribution in [3.63, 3.8) is 0 Å². The fraction of sp³-hybridized carbons (Fsp3) is 0.111. The Balaban J connectivity index is 2.15. The van der Waals surface area contributed by atoms with Crippen LogP contribution in [0.2, 0.25) is 0 Å². The lowest BCUT2D eigenvalue weighted by Crippen LogP contribution is -1.95. The number of benzene rings is 2. The second kappa shape index (κ2) is 5.57. The lowest BCUT2D eigenvalue weighted by atomic mass is 10.0. The van der Waals surface area contributed by atoms with Crippen LogP contribution in [-0.4, -0.2) is 6.61 Å². The first-order chi connectivity index (χ1) is 9.45. The molecular weight excluding hydrogens is 232 g/mol. The summed E-state index contributed by atoms with van der Waals surface area (Å²) < 4.78 is 5.97. The average Bonchev–Trinajstić information content (AvgIpc) is 2.75. The molecule has 1 nitrogen and oxygen atoms in total. The van der Waals surface area contributed by atoms with Crippen molar-refractivity contribution in [3.8, 4) is 0 Å². The molecule has 2 aromatic carbocycles. The van der Waals surface area contributed by atoms with Crippen LogP contribution in [0, 0.1) is 0 Å². The molecule has 0 unspecified atom stereocenters. The topological polar surface area (TPSA) is 9.23 Å². The largest absolute Gasteiger partial charge is 0.492 e. The molecule has 94 valence electrons. The van der Waals surface area contributed by atoms with Gasteiger partial charge in [0.25, 0.3) is 0 Å². The normalized spacial score (nSPS) is 14.9. The number of rotatable bonds is 2. The highest BCUT2D eigenvalue weighted by atomic mass is 16.5. The standard InChI is InChI=1S/C18H16O/c1-3-9-15(10-4-1)17-13-7-8-14-19-18(17)16-11-5-2-6-12-16/h1-7,9-13H,8,14H2. The van der Waals surface area contributed by atoms with Crippen molar-refractivity contribution in [2.45, 2.75) is 6.42 Å². The minimum Gasteiger partial charge on any atom is -0.492 e. The molecule has 0 spiro atoms. The molecule has 0 aliphatic carbocycles. The van der Waals surface area contributed by atoms with Gasteiger partial charge >= 0.3 is 0 Å². The van der Waals surface area contributed by atoms with Gasteiger partial charge in [-0.3, -0.25) is 0 Å². The van der Waals surface area contributed by atoms with Gasteiger partial charge in [0.1, 0.15) is 5.76 Å². The maximum absolute atomic E-state index is 5.97. The molecule has 0 saturated carbocycles. The van der Waals surface area contributed by atoms with E-state index in [4.69, 9.17) is 4.74 Å². The summed E-state index contributed by atoms with van der Waals surface area (Å²) in [5, 5.41) is 0. The predicted octanol–water partition coefficient (Wildman–Crippen LogP) is 4.53. The number of allylic oxidation sites excluding steroid dienone is 2. The quantitative estimate of drug-likeness (QED) is 0.758. The van der Waals surface area contributed by atoms with Gasteiger partial charge in [-0.25, -0.2) is 0 Å². The number of ether oxygens (including phenoxy) is 1. The van der Waals surface area contributed by atoms with Crippen LogP contribution in [0.1, 0.15) is 17.5 Å². The van der Waals surface area contributed by atoms with Crippen LogP contribution < -0.4 is 0 Å². The monoisotopic (exact) mass is 248 g/mol. The number of hydrogen-bond acceptors (Lipinski definition) is 1. The van der Waals surface area contributed by atoms with Crippen LogP contribution in [0.4, 0.5) is 0 Å². The molecule has 0 N–H and O–H groups in total. The van der Waals surface area contributed by atoms with E-state index in [1.807, 2.05) is 24.3 Å². The summed E-state index contributed by atoms with van der Waals surface area (Å²) in [6.45, 7) is 0.733. The maximum Gasteiger partial charge on any atom is 0.134 e. The SMILES string of the molecule is C1=CC(c2ccccc2)=C(c2ccccc2)OCC1. The second-order valence-corrected chi connectivity index (χ2v) is 4.51. The van der Waals surface area contributed by atoms with Crippen molar-refractivity contribution in [1.29, 1.82) is 0 Å². The predicted molar refractivity (Wildman–Crippen MR) is 79.4 cm³/mol. The van der Waals surface area contributed by atoms with E-state index in [1.165, 1.54) is 5.56 Å². The molecule has 0 aromatic heterocycles. The Morgan fingerprint density at radius 1 is 0.737 bits per heavy atom. The molecule has 1 aliphatic rings. The van der Waals surface area contributed by atoms with Gasteiger partial charge in [-0.15, -0.1) is 0 Å². The van der Waals surface area contributed by atoms with E-state index in [-0.39, 0.29) is 0 Å². The molecule has 1 heteroatoms. The van der Waals surface area contributed by atoms with Crippen LogP contribution >= 0.6 is 0 Å². The highest BCUT2D eigenvalue weighted by molar-refractivity contribution is 5.92. The van der Waals surface area contributed by atoms with Crippen molar-refractivity contribution < 1.29 is 4.74 Å². The Morgan fingerprint density at radius 3 is 2.05 bits per heavy atom. The van der Waals surface area contributed by atoms with Gasteiger partial charge in [0.15, 0.2) is 0 Å². The molecule has 0 bridgehead atoms. The first kappa shape index (κ1) is 11.8. The zero-order valence-electron chi connectivity index (χ0n) is 10.8. The van der Waals surface area contributed by atoms with Gasteiger partial charge in [0.05, 0.1) is 6.61 Å². The van der Waals surface area contributed by atoms with E-state index in [2.05, 4.69) is 48.6 Å². The molecule has 19 heavy (non-hydrogen) atoms. The van der Waals surface area contributed by atoms with Gasteiger partial charge in [0.2, 0.25) is 0 Å². The van der Waals surface area contributed by atoms with E-state index in [1.54, 1.807) is 0 Å². The van der Waals surface area contributed by atoms with Crippen molar-refractivity contribution in [3.05, 3.63) is 83.9 Å². The lowest BCUT2D eigenvalue weighted by molar-refractivity contribution is 0.287.